The van der Waals surface area contributed by atoms with Crippen molar-refractivity contribution in [2.45, 2.75) is 0 Å². The van der Waals surface area contributed by atoms with Crippen molar-refractivity contribution < 1.29 is 0 Å². The van der Waals surface area contributed by atoms with Gasteiger partial charge in [-0.05, 0) is 28.1 Å². The molecule has 0 saturated heterocycles. The maximum Gasteiger partial charge on any atom is 0.218 e. The van der Waals surface area contributed by atoms with Crippen LogP contribution in [0.3, 0.4) is 0 Å². The summed E-state index contributed by atoms with van der Waals surface area (Å²) in [4.78, 5) is 8.22. The van der Waals surface area contributed by atoms with Gasteiger partial charge in [0.15, 0.2) is 0 Å². The zero-order chi connectivity index (χ0) is 10.1. The largest absolute Gasteiger partial charge is 0.368 e. The van der Waals surface area contributed by atoms with E-state index in [-0.39, 0.29) is 0 Å². The number of rotatable bonds is 1. The van der Waals surface area contributed by atoms with Crippen molar-refractivity contribution >= 4 is 21.9 Å². The molecule has 2 aromatic heterocycles. The van der Waals surface area contributed by atoms with Crippen molar-refractivity contribution in [2.75, 3.05) is 5.73 Å². The number of hydrogen-bond acceptors (Lipinski definition) is 4. The van der Waals surface area contributed by atoms with Gasteiger partial charge in [0, 0.05) is 17.7 Å². The Bertz CT molecular complexity index is 428. The molecule has 0 unspecified atom stereocenters. The normalized spacial score (nSPS) is 10.4. The highest BCUT2D eigenvalue weighted by atomic mass is 79.9. The zero-order valence-corrected chi connectivity index (χ0v) is 9.06. The van der Waals surface area contributed by atoms with Crippen LogP contribution in [0.2, 0.25) is 0 Å². The summed E-state index contributed by atoms with van der Waals surface area (Å²) in [5, 5.41) is 4.11. The molecule has 0 aliphatic heterocycles. The summed E-state index contributed by atoms with van der Waals surface area (Å²) in [6.07, 6.45) is 1.70. The van der Waals surface area contributed by atoms with Crippen molar-refractivity contribution in [3.05, 3.63) is 22.8 Å². The lowest BCUT2D eigenvalue weighted by molar-refractivity contribution is 0.780. The van der Waals surface area contributed by atoms with Gasteiger partial charge in [-0.25, -0.2) is 4.68 Å². The van der Waals surface area contributed by atoms with Crippen LogP contribution in [0.5, 0.6) is 0 Å². The highest BCUT2D eigenvalue weighted by molar-refractivity contribution is 9.10. The molecule has 0 amide bonds. The number of aromatic nitrogens is 4. The second-order valence-corrected chi connectivity index (χ2v) is 3.69. The Hall–Kier alpha value is -1.43. The van der Waals surface area contributed by atoms with Crippen molar-refractivity contribution in [3.8, 4) is 11.5 Å². The first-order valence-electron chi connectivity index (χ1n) is 3.95. The van der Waals surface area contributed by atoms with Crippen molar-refractivity contribution in [1.82, 2.24) is 19.7 Å². The molecular formula is C8H8BrN5. The topological polar surface area (TPSA) is 69.6 Å². The maximum absolute atomic E-state index is 5.56. The molecule has 5 nitrogen and oxygen atoms in total. The van der Waals surface area contributed by atoms with E-state index < -0.39 is 0 Å². The molecule has 0 aliphatic carbocycles. The van der Waals surface area contributed by atoms with Gasteiger partial charge in [0.2, 0.25) is 11.8 Å². The van der Waals surface area contributed by atoms with Gasteiger partial charge in [0.05, 0.1) is 0 Å². The minimum absolute atomic E-state index is 0.379. The van der Waals surface area contributed by atoms with Crippen molar-refractivity contribution in [2.24, 2.45) is 7.05 Å². The molecule has 0 atom stereocenters. The summed E-state index contributed by atoms with van der Waals surface area (Å²) < 4.78 is 2.43. The van der Waals surface area contributed by atoms with Gasteiger partial charge in [-0.3, -0.25) is 4.98 Å². The van der Waals surface area contributed by atoms with Crippen LogP contribution in [0.15, 0.2) is 22.8 Å². The molecule has 0 saturated carbocycles. The van der Waals surface area contributed by atoms with E-state index in [0.717, 1.165) is 4.47 Å². The number of nitrogen functional groups attached to an aromatic ring is 1. The monoisotopic (exact) mass is 253 g/mol. The molecule has 2 aromatic rings. The molecular weight excluding hydrogens is 246 g/mol. The summed E-state index contributed by atoms with van der Waals surface area (Å²) in [6, 6.07) is 3.72. The van der Waals surface area contributed by atoms with E-state index >= 15 is 0 Å². The predicted octanol–water partition coefficient (Wildman–Crippen LogP) is 1.22. The van der Waals surface area contributed by atoms with E-state index in [1.807, 2.05) is 12.1 Å². The second-order valence-electron chi connectivity index (χ2n) is 2.78. The van der Waals surface area contributed by atoms with Crippen molar-refractivity contribution in [3.63, 3.8) is 0 Å². The summed E-state index contributed by atoms with van der Waals surface area (Å²) in [5.41, 5.74) is 6.27. The third-order valence-electron chi connectivity index (χ3n) is 1.75. The van der Waals surface area contributed by atoms with E-state index in [9.17, 15) is 0 Å². The molecule has 2 N–H and O–H groups in total. The summed E-state index contributed by atoms with van der Waals surface area (Å²) >= 11 is 3.30. The molecule has 6 heteroatoms. The summed E-state index contributed by atoms with van der Waals surface area (Å²) in [5.74, 6) is 0.919. The predicted molar refractivity (Wildman–Crippen MR) is 56.3 cm³/mol. The Morgan fingerprint density at radius 2 is 2.21 bits per heavy atom. The number of hydrogen-bond donors (Lipinski definition) is 1. The molecule has 0 bridgehead atoms. The number of nitrogens with two attached hydrogens (primary N) is 1. The first-order chi connectivity index (χ1) is 6.66. The lowest BCUT2D eigenvalue weighted by Gasteiger charge is -1.93. The van der Waals surface area contributed by atoms with E-state index in [1.165, 1.54) is 4.68 Å². The smallest absolute Gasteiger partial charge is 0.218 e. The SMILES string of the molecule is Cn1nc(-c2ccc(Br)cn2)nc1N. The van der Waals surface area contributed by atoms with Crippen LogP contribution < -0.4 is 5.73 Å². The third-order valence-corrected chi connectivity index (χ3v) is 2.22. The molecule has 2 heterocycles. The van der Waals surface area contributed by atoms with Gasteiger partial charge >= 0.3 is 0 Å². The number of pyridine rings is 1. The van der Waals surface area contributed by atoms with E-state index in [0.29, 0.717) is 17.5 Å². The lowest BCUT2D eigenvalue weighted by Crippen LogP contribution is -1.97. The molecule has 72 valence electrons. The minimum atomic E-state index is 0.379. The van der Waals surface area contributed by atoms with Crippen LogP contribution >= 0.6 is 15.9 Å². The van der Waals surface area contributed by atoms with Gasteiger partial charge in [-0.2, -0.15) is 4.98 Å². The first kappa shape index (κ1) is 9.14. The fourth-order valence-corrected chi connectivity index (χ4v) is 1.25. The second kappa shape index (κ2) is 3.38. The molecule has 14 heavy (non-hydrogen) atoms. The number of anilines is 1. The summed E-state index contributed by atoms with van der Waals surface area (Å²) in [6.45, 7) is 0. The molecule has 0 fully saturated rings. The fraction of sp³-hybridized carbons (Fsp3) is 0.125. The molecule has 2 rings (SSSR count). The number of nitrogens with zero attached hydrogens (tertiary/aromatic N) is 4. The Kier molecular flexibility index (Phi) is 2.20. The average Bonchev–Trinajstić information content (AvgIpc) is 2.48. The van der Waals surface area contributed by atoms with E-state index in [4.69, 9.17) is 5.73 Å². The van der Waals surface area contributed by atoms with Crippen LogP contribution in [0.4, 0.5) is 5.95 Å². The quantitative estimate of drug-likeness (QED) is 0.830. The maximum atomic E-state index is 5.56. The average molecular weight is 254 g/mol. The van der Waals surface area contributed by atoms with Gasteiger partial charge in [0.25, 0.3) is 0 Å². The fourth-order valence-electron chi connectivity index (χ4n) is 1.01. The summed E-state index contributed by atoms with van der Waals surface area (Å²) in [7, 11) is 1.74. The van der Waals surface area contributed by atoms with Crippen LogP contribution in [0, 0.1) is 0 Å². The van der Waals surface area contributed by atoms with E-state index in [1.54, 1.807) is 13.2 Å². The van der Waals surface area contributed by atoms with Gasteiger partial charge in [0.1, 0.15) is 5.69 Å². The first-order valence-corrected chi connectivity index (χ1v) is 4.74. The standard InChI is InChI=1S/C8H8BrN5/c1-14-8(10)12-7(13-14)6-3-2-5(9)4-11-6/h2-4H,1H3,(H2,10,12,13). The Balaban J connectivity index is 2.44. The zero-order valence-electron chi connectivity index (χ0n) is 7.48. The van der Waals surface area contributed by atoms with Crippen LogP contribution in [0.25, 0.3) is 11.5 Å². The molecule has 0 radical (unpaired) electrons. The van der Waals surface area contributed by atoms with Crippen molar-refractivity contribution in [1.29, 1.82) is 0 Å². The highest BCUT2D eigenvalue weighted by Gasteiger charge is 2.06. The lowest BCUT2D eigenvalue weighted by atomic mass is 10.3. The molecule has 0 aromatic carbocycles. The number of aryl methyl sites for hydroxylation is 1. The van der Waals surface area contributed by atoms with Gasteiger partial charge in [-0.15, -0.1) is 5.10 Å². The molecule has 0 spiro atoms. The van der Waals surface area contributed by atoms with E-state index in [2.05, 4.69) is 31.0 Å². The third kappa shape index (κ3) is 1.60. The molecule has 0 aliphatic rings. The minimum Gasteiger partial charge on any atom is -0.368 e. The highest BCUT2D eigenvalue weighted by Crippen LogP contribution is 2.15. The number of halogens is 1. The van der Waals surface area contributed by atoms with Crippen LogP contribution in [0.1, 0.15) is 0 Å². The Morgan fingerprint density at radius 1 is 1.43 bits per heavy atom. The Morgan fingerprint density at radius 3 is 2.71 bits per heavy atom. The van der Waals surface area contributed by atoms with Gasteiger partial charge < -0.3 is 5.73 Å². The Labute approximate surface area is 89.1 Å². The van der Waals surface area contributed by atoms with Gasteiger partial charge in [-0.1, -0.05) is 0 Å². The van der Waals surface area contributed by atoms with Crippen LogP contribution in [-0.4, -0.2) is 19.7 Å². The van der Waals surface area contributed by atoms with Crippen LogP contribution in [-0.2, 0) is 7.05 Å².